The highest BCUT2D eigenvalue weighted by Crippen LogP contribution is 1.81. The molecule has 0 saturated carbocycles. The van der Waals surface area contributed by atoms with Crippen LogP contribution in [0.4, 0.5) is 0 Å². The Morgan fingerprint density at radius 2 is 2.43 bits per heavy atom. The maximum absolute atomic E-state index is 10.3. The number of carbonyl (C=O) groups excluding carboxylic acids is 1. The molecule has 2 nitrogen and oxygen atoms in total. The van der Waals surface area contributed by atoms with E-state index in [2.05, 4.69) is 0 Å². The molecule has 0 aliphatic heterocycles. The number of rotatable bonds is 3. The summed E-state index contributed by atoms with van der Waals surface area (Å²) < 4.78 is 0. The van der Waals surface area contributed by atoms with Crippen LogP contribution in [0, 0.1) is 6.42 Å². The van der Waals surface area contributed by atoms with Gasteiger partial charge in [-0.05, 0) is 0 Å². The fourth-order valence-corrected chi connectivity index (χ4v) is 0.276. The van der Waals surface area contributed by atoms with Crippen molar-refractivity contribution in [3.05, 3.63) is 6.42 Å². The standard InChI is InChI=1S/C5H10NO/c1-2-5(7)3-4-6/h3H,2,4,6H2,1H3. The molecule has 0 atom stereocenters. The first-order valence-electron chi connectivity index (χ1n) is 2.37. The fraction of sp³-hybridized carbons (Fsp3) is 0.600. The Morgan fingerprint density at radius 1 is 1.86 bits per heavy atom. The van der Waals surface area contributed by atoms with Gasteiger partial charge in [0.25, 0.3) is 0 Å². The van der Waals surface area contributed by atoms with Gasteiger partial charge in [0.15, 0.2) is 0 Å². The van der Waals surface area contributed by atoms with E-state index in [0.717, 1.165) is 0 Å². The lowest BCUT2D eigenvalue weighted by Gasteiger charge is -1.86. The van der Waals surface area contributed by atoms with Crippen molar-refractivity contribution in [3.63, 3.8) is 0 Å². The molecule has 0 spiro atoms. The van der Waals surface area contributed by atoms with E-state index < -0.39 is 0 Å². The molecule has 2 heteroatoms. The lowest BCUT2D eigenvalue weighted by atomic mass is 10.2. The molecule has 0 amide bonds. The molecule has 0 aromatic carbocycles. The first-order chi connectivity index (χ1) is 3.31. The van der Waals surface area contributed by atoms with Crippen LogP contribution in [0.5, 0.6) is 0 Å². The van der Waals surface area contributed by atoms with Gasteiger partial charge in [0.05, 0.1) is 0 Å². The number of hydrogen-bond donors (Lipinski definition) is 1. The summed E-state index contributed by atoms with van der Waals surface area (Å²) >= 11 is 0. The zero-order valence-electron chi connectivity index (χ0n) is 4.48. The van der Waals surface area contributed by atoms with Crippen molar-refractivity contribution in [2.24, 2.45) is 5.73 Å². The minimum absolute atomic E-state index is 0.127. The predicted molar refractivity (Wildman–Crippen MR) is 28.7 cm³/mol. The molecule has 0 rings (SSSR count). The molecule has 0 saturated heterocycles. The van der Waals surface area contributed by atoms with Crippen molar-refractivity contribution in [1.29, 1.82) is 0 Å². The minimum Gasteiger partial charge on any atom is -0.330 e. The second-order valence-corrected chi connectivity index (χ2v) is 1.26. The summed E-state index contributed by atoms with van der Waals surface area (Å²) in [5.74, 6) is 0.127. The van der Waals surface area contributed by atoms with E-state index >= 15 is 0 Å². The average Bonchev–Trinajstić information content (AvgIpc) is 1.68. The number of Topliss-reactive ketones (excluding diaryl/α,β-unsaturated/α-hetero) is 1. The Kier molecular flexibility index (Phi) is 3.61. The summed E-state index contributed by atoms with van der Waals surface area (Å²) in [7, 11) is 0. The summed E-state index contributed by atoms with van der Waals surface area (Å²) in [4.78, 5) is 10.3. The molecular formula is C5H10NO. The molecule has 41 valence electrons. The van der Waals surface area contributed by atoms with Crippen molar-refractivity contribution < 1.29 is 4.79 Å². The number of carbonyl (C=O) groups is 1. The second-order valence-electron chi connectivity index (χ2n) is 1.26. The SMILES string of the molecule is CCC(=O)[CH]CN. The van der Waals surface area contributed by atoms with Crippen LogP contribution in [0.15, 0.2) is 0 Å². The van der Waals surface area contributed by atoms with Crippen LogP contribution >= 0.6 is 0 Å². The first kappa shape index (κ1) is 6.63. The van der Waals surface area contributed by atoms with Crippen LogP contribution in [0.25, 0.3) is 0 Å². The second kappa shape index (κ2) is 3.81. The molecular weight excluding hydrogens is 90.1 g/mol. The zero-order chi connectivity index (χ0) is 5.70. The van der Waals surface area contributed by atoms with Crippen molar-refractivity contribution >= 4 is 5.78 Å². The van der Waals surface area contributed by atoms with E-state index in [9.17, 15) is 4.79 Å². The van der Waals surface area contributed by atoms with Gasteiger partial charge in [0, 0.05) is 19.4 Å². The summed E-state index contributed by atoms with van der Waals surface area (Å²) in [6.45, 7) is 2.18. The van der Waals surface area contributed by atoms with Crippen molar-refractivity contribution in [2.75, 3.05) is 6.54 Å². The average molecular weight is 100 g/mol. The fourth-order valence-electron chi connectivity index (χ4n) is 0.276. The van der Waals surface area contributed by atoms with Gasteiger partial charge in [-0.2, -0.15) is 0 Å². The maximum atomic E-state index is 10.3. The van der Waals surface area contributed by atoms with E-state index in [1.54, 1.807) is 0 Å². The lowest BCUT2D eigenvalue weighted by Crippen LogP contribution is -2.06. The highest BCUT2D eigenvalue weighted by Gasteiger charge is 1.92. The van der Waals surface area contributed by atoms with Crippen LogP contribution in [0.2, 0.25) is 0 Å². The van der Waals surface area contributed by atoms with Crippen molar-refractivity contribution in [1.82, 2.24) is 0 Å². The normalized spacial score (nSPS) is 8.86. The van der Waals surface area contributed by atoms with E-state index in [-0.39, 0.29) is 5.78 Å². The largest absolute Gasteiger partial charge is 0.330 e. The van der Waals surface area contributed by atoms with Crippen LogP contribution in [-0.4, -0.2) is 12.3 Å². The molecule has 0 aliphatic carbocycles. The van der Waals surface area contributed by atoms with E-state index in [1.165, 1.54) is 6.42 Å². The third-order valence-electron chi connectivity index (χ3n) is 0.694. The quantitative estimate of drug-likeness (QED) is 0.547. The Hall–Kier alpha value is -0.370. The third kappa shape index (κ3) is 3.46. The zero-order valence-corrected chi connectivity index (χ0v) is 4.48. The Bertz CT molecular complexity index is 61.1. The highest BCUT2D eigenvalue weighted by molar-refractivity contribution is 5.86. The van der Waals surface area contributed by atoms with E-state index in [1.807, 2.05) is 6.92 Å². The topological polar surface area (TPSA) is 43.1 Å². The summed E-state index contributed by atoms with van der Waals surface area (Å²) in [5, 5.41) is 0. The summed E-state index contributed by atoms with van der Waals surface area (Å²) in [6.07, 6.45) is 2.05. The van der Waals surface area contributed by atoms with Crippen LogP contribution in [0.1, 0.15) is 13.3 Å². The van der Waals surface area contributed by atoms with Gasteiger partial charge >= 0.3 is 0 Å². The van der Waals surface area contributed by atoms with Gasteiger partial charge in [0.1, 0.15) is 5.78 Å². The number of ketones is 1. The molecule has 0 aromatic rings. The Morgan fingerprint density at radius 3 is 2.57 bits per heavy atom. The highest BCUT2D eigenvalue weighted by atomic mass is 16.1. The van der Waals surface area contributed by atoms with Gasteiger partial charge in [-0.15, -0.1) is 0 Å². The minimum atomic E-state index is 0.127. The molecule has 0 unspecified atom stereocenters. The summed E-state index contributed by atoms with van der Waals surface area (Å²) in [6, 6.07) is 0. The van der Waals surface area contributed by atoms with Crippen LogP contribution in [0.3, 0.4) is 0 Å². The van der Waals surface area contributed by atoms with E-state index in [4.69, 9.17) is 5.73 Å². The number of hydrogen-bond acceptors (Lipinski definition) is 2. The van der Waals surface area contributed by atoms with Gasteiger partial charge < -0.3 is 5.73 Å². The molecule has 0 aromatic heterocycles. The molecule has 1 radical (unpaired) electrons. The molecule has 2 N–H and O–H groups in total. The maximum Gasteiger partial charge on any atom is 0.137 e. The molecule has 0 bridgehead atoms. The number of nitrogens with two attached hydrogens (primary N) is 1. The van der Waals surface area contributed by atoms with Crippen molar-refractivity contribution in [3.8, 4) is 0 Å². The summed E-state index contributed by atoms with van der Waals surface area (Å²) in [5.41, 5.74) is 5.03. The van der Waals surface area contributed by atoms with Gasteiger partial charge in [-0.3, -0.25) is 4.79 Å². The molecule has 0 fully saturated rings. The van der Waals surface area contributed by atoms with Crippen molar-refractivity contribution in [2.45, 2.75) is 13.3 Å². The third-order valence-corrected chi connectivity index (χ3v) is 0.694. The molecule has 7 heavy (non-hydrogen) atoms. The lowest BCUT2D eigenvalue weighted by molar-refractivity contribution is -0.115. The smallest absolute Gasteiger partial charge is 0.137 e. The Labute approximate surface area is 43.7 Å². The molecule has 0 heterocycles. The first-order valence-corrected chi connectivity index (χ1v) is 2.37. The van der Waals surface area contributed by atoms with Gasteiger partial charge in [-0.25, -0.2) is 0 Å². The van der Waals surface area contributed by atoms with Crippen LogP contribution < -0.4 is 5.73 Å². The predicted octanol–water partition coefficient (Wildman–Crippen LogP) is 0.128. The van der Waals surface area contributed by atoms with E-state index in [0.29, 0.717) is 13.0 Å². The monoisotopic (exact) mass is 100 g/mol. The van der Waals surface area contributed by atoms with Gasteiger partial charge in [-0.1, -0.05) is 6.92 Å². The Balaban J connectivity index is 3.00. The van der Waals surface area contributed by atoms with Gasteiger partial charge in [0.2, 0.25) is 0 Å². The molecule has 0 aliphatic rings. The van der Waals surface area contributed by atoms with Crippen LogP contribution in [-0.2, 0) is 4.79 Å².